The topological polar surface area (TPSA) is 52.9 Å². The van der Waals surface area contributed by atoms with Crippen LogP contribution in [0, 0.1) is 11.3 Å². The van der Waals surface area contributed by atoms with Crippen LogP contribution in [0.4, 0.5) is 0 Å². The molecule has 0 rings (SSSR count). The van der Waals surface area contributed by atoms with E-state index in [1.165, 1.54) is 0 Å². The molecule has 0 saturated heterocycles. The molecule has 0 aliphatic heterocycles. The van der Waals surface area contributed by atoms with Gasteiger partial charge in [-0.1, -0.05) is 6.92 Å². The van der Waals surface area contributed by atoms with Crippen molar-refractivity contribution in [1.82, 2.24) is 5.32 Å². The van der Waals surface area contributed by atoms with Crippen LogP contribution in [0.15, 0.2) is 0 Å². The molecule has 70 valence electrons. The van der Waals surface area contributed by atoms with Gasteiger partial charge in [0, 0.05) is 28.9 Å². The molecule has 0 radical (unpaired) electrons. The molecule has 1 N–H and O–H groups in total. The van der Waals surface area contributed by atoms with E-state index in [1.807, 2.05) is 13.8 Å². The van der Waals surface area contributed by atoms with Crippen LogP contribution < -0.4 is 5.32 Å². The van der Waals surface area contributed by atoms with Crippen molar-refractivity contribution in [1.29, 1.82) is 5.26 Å². The predicted molar refractivity (Wildman–Crippen MR) is 51.2 cm³/mol. The largest absolute Gasteiger partial charge is 0.298 e. The first kappa shape index (κ1) is 11.6. The van der Waals surface area contributed by atoms with Gasteiger partial charge in [-0.3, -0.25) is 9.53 Å². The highest BCUT2D eigenvalue weighted by Gasteiger charge is 2.09. The van der Waals surface area contributed by atoms with Crippen molar-refractivity contribution in [2.45, 2.75) is 32.4 Å². The van der Waals surface area contributed by atoms with Gasteiger partial charge < -0.3 is 0 Å². The van der Waals surface area contributed by atoms with Crippen molar-refractivity contribution in [2.75, 3.05) is 12.0 Å². The van der Waals surface area contributed by atoms with E-state index < -0.39 is 10.8 Å². The smallest absolute Gasteiger partial charge is 0.0952 e. The Morgan fingerprint density at radius 2 is 2.25 bits per heavy atom. The van der Waals surface area contributed by atoms with Gasteiger partial charge >= 0.3 is 0 Å². The molecule has 0 aromatic rings. The molecule has 0 aromatic carbocycles. The average molecular weight is 188 g/mol. The summed E-state index contributed by atoms with van der Waals surface area (Å²) in [4.78, 5) is 0. The third-order valence-corrected chi connectivity index (χ3v) is 2.50. The van der Waals surface area contributed by atoms with E-state index in [9.17, 15) is 4.21 Å². The number of hydrogen-bond acceptors (Lipinski definition) is 3. The van der Waals surface area contributed by atoms with E-state index in [2.05, 4.69) is 11.4 Å². The Hall–Kier alpha value is -0.400. The van der Waals surface area contributed by atoms with Crippen LogP contribution >= 0.6 is 0 Å². The Balaban J connectivity index is 3.75. The molecule has 3 unspecified atom stereocenters. The summed E-state index contributed by atoms with van der Waals surface area (Å²) in [6.07, 6.45) is 2.46. The van der Waals surface area contributed by atoms with Gasteiger partial charge in [-0.05, 0) is 13.3 Å². The fraction of sp³-hybridized carbons (Fsp3) is 0.875. The second kappa shape index (κ2) is 6.15. The highest BCUT2D eigenvalue weighted by Crippen LogP contribution is 1.93. The Morgan fingerprint density at radius 1 is 1.67 bits per heavy atom. The summed E-state index contributed by atoms with van der Waals surface area (Å²) >= 11 is 0. The fourth-order valence-corrected chi connectivity index (χ4v) is 1.79. The minimum absolute atomic E-state index is 0.108. The number of rotatable bonds is 5. The third kappa shape index (κ3) is 5.28. The molecule has 0 spiro atoms. The Bertz CT molecular complexity index is 188. The van der Waals surface area contributed by atoms with E-state index >= 15 is 0 Å². The quantitative estimate of drug-likeness (QED) is 0.689. The summed E-state index contributed by atoms with van der Waals surface area (Å²) in [7, 11) is -0.788. The number of hydrogen-bond donors (Lipinski definition) is 1. The Labute approximate surface area is 76.6 Å². The van der Waals surface area contributed by atoms with Crippen LogP contribution in [-0.2, 0) is 10.8 Å². The molecule has 0 bridgehead atoms. The number of nitriles is 1. The summed E-state index contributed by atoms with van der Waals surface area (Å²) in [6.45, 7) is 3.90. The Kier molecular flexibility index (Phi) is 5.95. The molecule has 0 saturated carbocycles. The van der Waals surface area contributed by atoms with Crippen molar-refractivity contribution in [3.05, 3.63) is 0 Å². The molecule has 4 heteroatoms. The van der Waals surface area contributed by atoms with E-state index in [1.54, 1.807) is 6.26 Å². The van der Waals surface area contributed by atoms with E-state index in [4.69, 9.17) is 5.26 Å². The summed E-state index contributed by atoms with van der Waals surface area (Å²) < 4.78 is 10.8. The van der Waals surface area contributed by atoms with Gasteiger partial charge in [-0.2, -0.15) is 5.26 Å². The zero-order chi connectivity index (χ0) is 9.56. The van der Waals surface area contributed by atoms with Crippen LogP contribution in [0.2, 0.25) is 0 Å². The normalized spacial score (nSPS) is 17.8. The minimum atomic E-state index is -0.788. The van der Waals surface area contributed by atoms with Crippen molar-refractivity contribution < 1.29 is 4.21 Å². The van der Waals surface area contributed by atoms with E-state index in [0.29, 0.717) is 5.75 Å². The van der Waals surface area contributed by atoms with Gasteiger partial charge in [-0.25, -0.2) is 0 Å². The predicted octanol–water partition coefficient (Wildman–Crippen LogP) is 0.645. The first-order chi connectivity index (χ1) is 5.60. The van der Waals surface area contributed by atoms with Crippen molar-refractivity contribution >= 4 is 10.8 Å². The van der Waals surface area contributed by atoms with Crippen LogP contribution in [0.3, 0.4) is 0 Å². The van der Waals surface area contributed by atoms with Gasteiger partial charge in [-0.15, -0.1) is 0 Å². The number of nitrogens with one attached hydrogen (secondary N) is 1. The first-order valence-corrected chi connectivity index (χ1v) is 5.78. The van der Waals surface area contributed by atoms with Gasteiger partial charge in [0.05, 0.1) is 12.1 Å². The fourth-order valence-electron chi connectivity index (χ4n) is 0.990. The van der Waals surface area contributed by atoms with Crippen LogP contribution in [-0.4, -0.2) is 28.3 Å². The highest BCUT2D eigenvalue weighted by molar-refractivity contribution is 7.84. The van der Waals surface area contributed by atoms with Crippen LogP contribution in [0.1, 0.15) is 20.3 Å². The maximum absolute atomic E-state index is 10.8. The second-order valence-corrected chi connectivity index (χ2v) is 4.38. The summed E-state index contributed by atoms with van der Waals surface area (Å²) in [5.74, 6) is 0.609. The molecular weight excluding hydrogens is 172 g/mol. The van der Waals surface area contributed by atoms with Gasteiger partial charge in [0.15, 0.2) is 0 Å². The second-order valence-electron chi connectivity index (χ2n) is 2.90. The van der Waals surface area contributed by atoms with Gasteiger partial charge in [0.1, 0.15) is 0 Å². The molecule has 0 aromatic heterocycles. The summed E-state index contributed by atoms with van der Waals surface area (Å²) in [6, 6.07) is 2.19. The summed E-state index contributed by atoms with van der Waals surface area (Å²) in [5, 5.41) is 11.7. The molecular formula is C8H16N2OS. The maximum atomic E-state index is 10.8. The standard InChI is InChI=1S/C8H16N2OS/c1-4-8(5-9)10-7(2)6-12(3)11/h7-8,10H,4,6H2,1-3H3. The molecule has 12 heavy (non-hydrogen) atoms. The zero-order valence-electron chi connectivity index (χ0n) is 7.83. The third-order valence-electron chi connectivity index (χ3n) is 1.53. The monoisotopic (exact) mass is 188 g/mol. The SMILES string of the molecule is CCC(C#N)NC(C)CS(C)=O. The maximum Gasteiger partial charge on any atom is 0.0952 e. The summed E-state index contributed by atoms with van der Waals surface area (Å²) in [5.41, 5.74) is 0. The molecule has 0 amide bonds. The zero-order valence-corrected chi connectivity index (χ0v) is 8.65. The lowest BCUT2D eigenvalue weighted by Crippen LogP contribution is -2.38. The first-order valence-electron chi connectivity index (χ1n) is 4.05. The highest BCUT2D eigenvalue weighted by atomic mass is 32.2. The van der Waals surface area contributed by atoms with Gasteiger partial charge in [0.2, 0.25) is 0 Å². The van der Waals surface area contributed by atoms with Crippen molar-refractivity contribution in [2.24, 2.45) is 0 Å². The molecule has 3 atom stereocenters. The van der Waals surface area contributed by atoms with Crippen LogP contribution in [0.25, 0.3) is 0 Å². The van der Waals surface area contributed by atoms with Crippen molar-refractivity contribution in [3.8, 4) is 6.07 Å². The molecule has 0 aliphatic carbocycles. The lowest BCUT2D eigenvalue weighted by Gasteiger charge is -2.15. The average Bonchev–Trinajstić information content (AvgIpc) is 1.98. The van der Waals surface area contributed by atoms with Crippen LogP contribution in [0.5, 0.6) is 0 Å². The molecule has 3 nitrogen and oxygen atoms in total. The van der Waals surface area contributed by atoms with E-state index in [-0.39, 0.29) is 12.1 Å². The van der Waals surface area contributed by atoms with Gasteiger partial charge in [0.25, 0.3) is 0 Å². The molecule has 0 fully saturated rings. The number of nitrogens with zero attached hydrogens (tertiary/aromatic N) is 1. The van der Waals surface area contributed by atoms with E-state index in [0.717, 1.165) is 6.42 Å². The van der Waals surface area contributed by atoms with Crippen molar-refractivity contribution in [3.63, 3.8) is 0 Å². The minimum Gasteiger partial charge on any atom is -0.298 e. The Morgan fingerprint density at radius 3 is 2.58 bits per heavy atom. The lowest BCUT2D eigenvalue weighted by atomic mass is 10.2. The molecule has 0 aliphatic rings. The molecule has 0 heterocycles. The lowest BCUT2D eigenvalue weighted by molar-refractivity contribution is 0.521.